The number of rotatable bonds is 6. The number of carbonyl (C=O) groups is 1. The summed E-state index contributed by atoms with van der Waals surface area (Å²) in [5, 5.41) is 8.44. The molecule has 0 saturated heterocycles. The highest BCUT2D eigenvalue weighted by molar-refractivity contribution is 5.98. The van der Waals surface area contributed by atoms with E-state index in [0.29, 0.717) is 17.8 Å². The summed E-state index contributed by atoms with van der Waals surface area (Å²) in [4.78, 5) is 17.3. The molecular formula is C25H26N4O2. The van der Waals surface area contributed by atoms with Gasteiger partial charge in [0.05, 0.1) is 35.3 Å². The first kappa shape index (κ1) is 20.6. The van der Waals surface area contributed by atoms with Gasteiger partial charge in [0.15, 0.2) is 0 Å². The van der Waals surface area contributed by atoms with Gasteiger partial charge in [-0.3, -0.25) is 9.78 Å². The zero-order valence-corrected chi connectivity index (χ0v) is 18.3. The molecule has 0 radical (unpaired) electrons. The fourth-order valence-electron chi connectivity index (χ4n) is 3.71. The monoisotopic (exact) mass is 414 g/mol. The molecule has 2 aromatic carbocycles. The topological polar surface area (TPSA) is 69.0 Å². The second kappa shape index (κ2) is 8.60. The number of ether oxygens (including phenoxy) is 1. The van der Waals surface area contributed by atoms with Crippen LogP contribution in [0.5, 0.6) is 5.75 Å². The first-order chi connectivity index (χ1) is 14.9. The summed E-state index contributed by atoms with van der Waals surface area (Å²) >= 11 is 0. The maximum atomic E-state index is 12.7. The maximum Gasteiger partial charge on any atom is 0.253 e. The Balaban J connectivity index is 1.40. The van der Waals surface area contributed by atoms with Crippen LogP contribution in [-0.4, -0.2) is 34.3 Å². The Labute approximate surface area is 181 Å². The molecule has 6 nitrogen and oxygen atoms in total. The van der Waals surface area contributed by atoms with Gasteiger partial charge in [-0.25, -0.2) is 4.68 Å². The molecule has 0 unspecified atom stereocenters. The first-order valence-electron chi connectivity index (χ1n) is 10.3. The van der Waals surface area contributed by atoms with Crippen LogP contribution < -0.4 is 10.1 Å². The van der Waals surface area contributed by atoms with E-state index in [1.54, 1.807) is 7.11 Å². The number of nitrogens with zero attached hydrogens (tertiary/aromatic N) is 3. The van der Waals surface area contributed by atoms with Crippen molar-refractivity contribution in [2.45, 2.75) is 27.2 Å². The van der Waals surface area contributed by atoms with E-state index in [1.807, 2.05) is 49.7 Å². The third-order valence-corrected chi connectivity index (χ3v) is 5.35. The van der Waals surface area contributed by atoms with Gasteiger partial charge in [0.25, 0.3) is 5.91 Å². The quantitative estimate of drug-likeness (QED) is 0.510. The Bertz CT molecular complexity index is 1240. The molecular weight excluding hydrogens is 388 g/mol. The Kier molecular flexibility index (Phi) is 5.71. The van der Waals surface area contributed by atoms with Crippen LogP contribution in [0, 0.1) is 20.8 Å². The van der Waals surface area contributed by atoms with Crippen LogP contribution in [-0.2, 0) is 6.42 Å². The van der Waals surface area contributed by atoms with Gasteiger partial charge in [0.1, 0.15) is 5.75 Å². The number of fused-ring (bicyclic) bond motifs is 1. The Morgan fingerprint density at radius 2 is 1.81 bits per heavy atom. The summed E-state index contributed by atoms with van der Waals surface area (Å²) in [5.41, 5.74) is 6.41. The molecule has 1 N–H and O–H groups in total. The van der Waals surface area contributed by atoms with Crippen LogP contribution in [0.25, 0.3) is 16.6 Å². The Hall–Kier alpha value is -3.67. The lowest BCUT2D eigenvalue weighted by Crippen LogP contribution is -2.26. The fourth-order valence-corrected chi connectivity index (χ4v) is 3.71. The number of methoxy groups -OCH3 is 1. The van der Waals surface area contributed by atoms with Crippen molar-refractivity contribution < 1.29 is 9.53 Å². The number of benzene rings is 2. The van der Waals surface area contributed by atoms with Crippen molar-refractivity contribution in [1.29, 1.82) is 0 Å². The number of aryl methyl sites for hydroxylation is 3. The molecule has 31 heavy (non-hydrogen) atoms. The number of hydrogen-bond donors (Lipinski definition) is 1. The smallest absolute Gasteiger partial charge is 0.253 e. The predicted molar refractivity (Wildman–Crippen MR) is 122 cm³/mol. The number of carbonyl (C=O) groups excluding carboxylic acids is 1. The van der Waals surface area contributed by atoms with Gasteiger partial charge in [-0.1, -0.05) is 12.1 Å². The lowest BCUT2D eigenvalue weighted by Gasteiger charge is -2.10. The minimum Gasteiger partial charge on any atom is -0.497 e. The molecule has 0 saturated carbocycles. The van der Waals surface area contributed by atoms with E-state index in [9.17, 15) is 4.79 Å². The van der Waals surface area contributed by atoms with Crippen molar-refractivity contribution in [3.05, 3.63) is 82.8 Å². The van der Waals surface area contributed by atoms with E-state index in [1.165, 1.54) is 0 Å². The first-order valence-corrected chi connectivity index (χ1v) is 10.3. The summed E-state index contributed by atoms with van der Waals surface area (Å²) < 4.78 is 7.19. The van der Waals surface area contributed by atoms with Crippen molar-refractivity contribution in [3.8, 4) is 11.4 Å². The van der Waals surface area contributed by atoms with Crippen LogP contribution >= 0.6 is 0 Å². The predicted octanol–water partition coefficient (Wildman–Crippen LogP) is 4.33. The van der Waals surface area contributed by atoms with Gasteiger partial charge in [0.2, 0.25) is 0 Å². The van der Waals surface area contributed by atoms with Crippen molar-refractivity contribution >= 4 is 16.8 Å². The molecule has 1 amide bonds. The summed E-state index contributed by atoms with van der Waals surface area (Å²) in [6, 6.07) is 17.9. The van der Waals surface area contributed by atoms with Crippen LogP contribution in [0.2, 0.25) is 0 Å². The molecule has 0 aliphatic heterocycles. The zero-order chi connectivity index (χ0) is 22.0. The lowest BCUT2D eigenvalue weighted by molar-refractivity contribution is 0.0953. The summed E-state index contributed by atoms with van der Waals surface area (Å²) in [5.74, 6) is 0.641. The van der Waals surface area contributed by atoms with Gasteiger partial charge < -0.3 is 10.1 Å². The second-order valence-corrected chi connectivity index (χ2v) is 7.69. The molecule has 0 aliphatic rings. The summed E-state index contributed by atoms with van der Waals surface area (Å²) in [7, 11) is 1.63. The highest BCUT2D eigenvalue weighted by Crippen LogP contribution is 2.21. The number of amides is 1. The Morgan fingerprint density at radius 1 is 1.03 bits per heavy atom. The summed E-state index contributed by atoms with van der Waals surface area (Å²) in [6.07, 6.45) is 0.750. The van der Waals surface area contributed by atoms with Gasteiger partial charge in [-0.05, 0) is 69.2 Å². The molecule has 4 aromatic rings. The van der Waals surface area contributed by atoms with Crippen molar-refractivity contribution in [3.63, 3.8) is 0 Å². The molecule has 2 aromatic heterocycles. The molecule has 0 bridgehead atoms. The standard InChI is InChI=1S/C25H26N4O2/c1-16-13-17(2)29(28-16)21-8-5-19(6-9-21)11-12-26-25(30)23-14-20-7-10-22(31-4)15-24(20)27-18(23)3/h5-10,13-15H,11-12H2,1-4H3,(H,26,30). The molecule has 0 spiro atoms. The van der Waals surface area contributed by atoms with Gasteiger partial charge in [-0.2, -0.15) is 5.10 Å². The third kappa shape index (κ3) is 4.43. The fraction of sp³-hybridized carbons (Fsp3) is 0.240. The van der Waals surface area contributed by atoms with E-state index in [0.717, 1.165) is 45.7 Å². The third-order valence-electron chi connectivity index (χ3n) is 5.35. The zero-order valence-electron chi connectivity index (χ0n) is 18.3. The van der Waals surface area contributed by atoms with Crippen LogP contribution in [0.4, 0.5) is 0 Å². The Morgan fingerprint density at radius 3 is 2.48 bits per heavy atom. The molecule has 6 heteroatoms. The molecule has 0 atom stereocenters. The minimum atomic E-state index is -0.109. The molecule has 158 valence electrons. The number of aromatic nitrogens is 3. The molecule has 4 rings (SSSR count). The number of nitrogens with one attached hydrogen (secondary N) is 1. The van der Waals surface area contributed by atoms with Gasteiger partial charge >= 0.3 is 0 Å². The van der Waals surface area contributed by atoms with E-state index < -0.39 is 0 Å². The van der Waals surface area contributed by atoms with E-state index in [4.69, 9.17) is 4.74 Å². The van der Waals surface area contributed by atoms with Crippen LogP contribution in [0.1, 0.15) is 33.0 Å². The average molecular weight is 415 g/mol. The number of hydrogen-bond acceptors (Lipinski definition) is 4. The molecule has 2 heterocycles. The van der Waals surface area contributed by atoms with E-state index in [2.05, 4.69) is 45.7 Å². The second-order valence-electron chi connectivity index (χ2n) is 7.69. The van der Waals surface area contributed by atoms with E-state index in [-0.39, 0.29) is 5.91 Å². The van der Waals surface area contributed by atoms with Crippen molar-refractivity contribution in [1.82, 2.24) is 20.1 Å². The van der Waals surface area contributed by atoms with Crippen LogP contribution in [0.3, 0.4) is 0 Å². The van der Waals surface area contributed by atoms with Crippen molar-refractivity contribution in [2.24, 2.45) is 0 Å². The van der Waals surface area contributed by atoms with Gasteiger partial charge in [0, 0.05) is 23.7 Å². The summed E-state index contributed by atoms with van der Waals surface area (Å²) in [6.45, 7) is 6.44. The van der Waals surface area contributed by atoms with Crippen molar-refractivity contribution in [2.75, 3.05) is 13.7 Å². The average Bonchev–Trinajstić information content (AvgIpc) is 3.11. The van der Waals surface area contributed by atoms with E-state index >= 15 is 0 Å². The number of pyridine rings is 1. The lowest BCUT2D eigenvalue weighted by atomic mass is 10.1. The normalized spacial score (nSPS) is 11.0. The van der Waals surface area contributed by atoms with Crippen LogP contribution in [0.15, 0.2) is 54.6 Å². The molecule has 0 aliphatic carbocycles. The highest BCUT2D eigenvalue weighted by Gasteiger charge is 2.12. The highest BCUT2D eigenvalue weighted by atomic mass is 16.5. The largest absolute Gasteiger partial charge is 0.497 e. The van der Waals surface area contributed by atoms with Gasteiger partial charge in [-0.15, -0.1) is 0 Å². The minimum absolute atomic E-state index is 0.109. The maximum absolute atomic E-state index is 12.7. The molecule has 0 fully saturated rings. The SMILES string of the molecule is COc1ccc2cc(C(=O)NCCc3ccc(-n4nc(C)cc4C)cc3)c(C)nc2c1.